The Morgan fingerprint density at radius 3 is 2.52 bits per heavy atom. The lowest BCUT2D eigenvalue weighted by Gasteiger charge is -2.15. The molecule has 1 N–H and O–H groups in total. The van der Waals surface area contributed by atoms with Gasteiger partial charge in [0.15, 0.2) is 0 Å². The van der Waals surface area contributed by atoms with Crippen LogP contribution in [0, 0.1) is 13.8 Å². The molecule has 0 aliphatic heterocycles. The van der Waals surface area contributed by atoms with Crippen LogP contribution in [0.15, 0.2) is 34.7 Å². The Balaban J connectivity index is 1.88. The van der Waals surface area contributed by atoms with Crippen LogP contribution in [0.3, 0.4) is 0 Å². The van der Waals surface area contributed by atoms with Crippen LogP contribution in [0.2, 0.25) is 0 Å². The van der Waals surface area contributed by atoms with Gasteiger partial charge in [0.2, 0.25) is 0 Å². The molecule has 5 nitrogen and oxygen atoms in total. The molecular formula is C22H21F3O5S. The van der Waals surface area contributed by atoms with Gasteiger partial charge in [-0.1, -0.05) is 6.07 Å². The van der Waals surface area contributed by atoms with E-state index in [1.54, 1.807) is 18.2 Å². The number of thiol groups is 1. The molecule has 0 aliphatic carbocycles. The number of benzene rings is 2. The highest BCUT2D eigenvalue weighted by Gasteiger charge is 2.31. The zero-order chi connectivity index (χ0) is 22.8. The number of rotatable bonds is 8. The van der Waals surface area contributed by atoms with Crippen LogP contribution in [0.1, 0.15) is 34.4 Å². The first-order valence-corrected chi connectivity index (χ1v) is 10.1. The number of carboxylic acids is 1. The highest BCUT2D eigenvalue weighted by Crippen LogP contribution is 2.33. The Labute approximate surface area is 182 Å². The second-order valence-corrected chi connectivity index (χ2v) is 7.39. The van der Waals surface area contributed by atoms with Gasteiger partial charge in [-0.15, -0.1) is 13.2 Å². The van der Waals surface area contributed by atoms with Crippen LogP contribution < -0.4 is 9.47 Å². The Morgan fingerprint density at radius 1 is 1.13 bits per heavy atom. The van der Waals surface area contributed by atoms with Gasteiger partial charge in [0.1, 0.15) is 29.4 Å². The number of aryl methyl sites for hydroxylation is 1. The van der Waals surface area contributed by atoms with Crippen LogP contribution in [0.25, 0.3) is 11.0 Å². The van der Waals surface area contributed by atoms with Gasteiger partial charge in [0.25, 0.3) is 0 Å². The van der Waals surface area contributed by atoms with E-state index in [-0.39, 0.29) is 18.8 Å². The first-order chi connectivity index (χ1) is 14.6. The summed E-state index contributed by atoms with van der Waals surface area (Å²) in [6, 6.07) is 7.64. The molecule has 0 unspecified atom stereocenters. The molecule has 0 aliphatic rings. The second kappa shape index (κ2) is 9.13. The highest BCUT2D eigenvalue weighted by atomic mass is 32.1. The van der Waals surface area contributed by atoms with Crippen molar-refractivity contribution in [3.63, 3.8) is 0 Å². The van der Waals surface area contributed by atoms with Gasteiger partial charge in [-0.3, -0.25) is 4.79 Å². The number of fused-ring (bicyclic) bond motifs is 1. The van der Waals surface area contributed by atoms with Crippen LogP contribution in [-0.2, 0) is 23.6 Å². The van der Waals surface area contributed by atoms with Gasteiger partial charge in [-0.25, -0.2) is 0 Å². The van der Waals surface area contributed by atoms with Crippen LogP contribution in [0.5, 0.6) is 11.5 Å². The van der Waals surface area contributed by atoms with E-state index in [0.29, 0.717) is 40.2 Å². The fourth-order valence-corrected chi connectivity index (χ4v) is 3.46. The third-order valence-electron chi connectivity index (χ3n) is 4.95. The number of ether oxygens (including phenoxy) is 2. The molecule has 0 radical (unpaired) electrons. The normalized spacial score (nSPS) is 11.7. The summed E-state index contributed by atoms with van der Waals surface area (Å²) in [5.41, 5.74) is 3.45. The predicted octanol–water partition coefficient (Wildman–Crippen LogP) is 5.97. The largest absolute Gasteiger partial charge is 0.573 e. The quantitative estimate of drug-likeness (QED) is 0.410. The summed E-state index contributed by atoms with van der Waals surface area (Å²) >= 11 is 4.15. The third kappa shape index (κ3) is 5.66. The first kappa shape index (κ1) is 22.9. The summed E-state index contributed by atoms with van der Waals surface area (Å²) in [7, 11) is 0. The maximum atomic E-state index is 12.7. The summed E-state index contributed by atoms with van der Waals surface area (Å²) in [5, 5.41) is 9.34. The van der Waals surface area contributed by atoms with Crippen LogP contribution in [0.4, 0.5) is 13.2 Å². The molecule has 0 bridgehead atoms. The van der Waals surface area contributed by atoms with Crippen LogP contribution in [-0.4, -0.2) is 17.4 Å². The van der Waals surface area contributed by atoms with E-state index in [1.165, 1.54) is 12.1 Å². The fraction of sp³-hybridized carbons (Fsp3) is 0.318. The van der Waals surface area contributed by atoms with Gasteiger partial charge in [0, 0.05) is 23.1 Å². The minimum Gasteiger partial charge on any atom is -0.488 e. The number of hydrogen-bond donors (Lipinski definition) is 2. The number of halogens is 3. The van der Waals surface area contributed by atoms with E-state index in [4.69, 9.17) is 14.3 Å². The molecule has 1 aromatic heterocycles. The van der Waals surface area contributed by atoms with Gasteiger partial charge in [-0.2, -0.15) is 12.6 Å². The van der Waals surface area contributed by atoms with Crippen molar-refractivity contribution in [3.05, 3.63) is 58.3 Å². The van der Waals surface area contributed by atoms with Crippen molar-refractivity contribution < 1.29 is 37.0 Å². The summed E-state index contributed by atoms with van der Waals surface area (Å²) in [6.07, 6.45) is -4.39. The number of furan rings is 1. The minimum absolute atomic E-state index is 0.0242. The van der Waals surface area contributed by atoms with E-state index >= 15 is 0 Å². The number of hydrogen-bond acceptors (Lipinski definition) is 5. The van der Waals surface area contributed by atoms with Gasteiger partial charge in [-0.05, 0) is 61.2 Å². The number of carboxylic acid groups (broad SMARTS) is 1. The summed E-state index contributed by atoms with van der Waals surface area (Å²) in [6.45, 7) is 3.68. The van der Waals surface area contributed by atoms with E-state index in [0.717, 1.165) is 16.7 Å². The second-order valence-electron chi connectivity index (χ2n) is 7.07. The molecule has 3 rings (SSSR count). The molecule has 0 saturated heterocycles. The van der Waals surface area contributed by atoms with Crippen molar-refractivity contribution in [1.29, 1.82) is 0 Å². The topological polar surface area (TPSA) is 68.9 Å². The molecule has 3 aromatic rings. The van der Waals surface area contributed by atoms with Crippen molar-refractivity contribution in [2.75, 3.05) is 0 Å². The van der Waals surface area contributed by atoms with Crippen molar-refractivity contribution in [3.8, 4) is 11.5 Å². The number of aliphatic carboxylic acids is 1. The smallest absolute Gasteiger partial charge is 0.488 e. The molecule has 2 aromatic carbocycles. The average Bonchev–Trinajstić information content (AvgIpc) is 3.10. The van der Waals surface area contributed by atoms with E-state index in [2.05, 4.69) is 17.4 Å². The molecule has 0 spiro atoms. The molecule has 166 valence electrons. The van der Waals surface area contributed by atoms with Crippen molar-refractivity contribution >= 4 is 29.6 Å². The van der Waals surface area contributed by atoms with E-state index in [9.17, 15) is 18.0 Å². The highest BCUT2D eigenvalue weighted by molar-refractivity contribution is 7.79. The van der Waals surface area contributed by atoms with Gasteiger partial charge >= 0.3 is 12.3 Å². The van der Waals surface area contributed by atoms with Gasteiger partial charge < -0.3 is 19.0 Å². The summed E-state index contributed by atoms with van der Waals surface area (Å²) in [4.78, 5) is 10.8. The lowest BCUT2D eigenvalue weighted by molar-refractivity contribution is -0.274. The Kier molecular flexibility index (Phi) is 6.74. The van der Waals surface area contributed by atoms with E-state index < -0.39 is 12.3 Å². The fourth-order valence-electron chi connectivity index (χ4n) is 3.30. The standard InChI is InChI=1S/C22H21F3O5S/c1-12-13(2)19(5-3-14(12)4-6-20(26)27)28-10-16-9-17(30-22(23,24)25)7-15-8-18(11-31)29-21(15)16/h3,5,7-9,31H,4,6,10-11H2,1-2H3,(H,26,27). The molecular weight excluding hydrogens is 433 g/mol. The lowest BCUT2D eigenvalue weighted by Crippen LogP contribution is -2.17. The molecule has 0 saturated carbocycles. The Morgan fingerprint density at radius 2 is 1.87 bits per heavy atom. The summed E-state index contributed by atoms with van der Waals surface area (Å²) < 4.78 is 53.8. The molecule has 31 heavy (non-hydrogen) atoms. The average molecular weight is 454 g/mol. The van der Waals surface area contributed by atoms with Crippen molar-refractivity contribution in [2.45, 2.75) is 45.4 Å². The molecule has 0 fully saturated rings. The first-order valence-electron chi connectivity index (χ1n) is 9.43. The zero-order valence-corrected chi connectivity index (χ0v) is 17.8. The lowest BCUT2D eigenvalue weighted by atomic mass is 9.99. The maximum Gasteiger partial charge on any atom is 0.573 e. The predicted molar refractivity (Wildman–Crippen MR) is 112 cm³/mol. The molecule has 0 amide bonds. The van der Waals surface area contributed by atoms with Gasteiger partial charge in [0.05, 0.1) is 0 Å². The number of alkyl halides is 3. The molecule has 0 atom stereocenters. The minimum atomic E-state index is -4.82. The molecule has 1 heterocycles. The summed E-state index contributed by atoms with van der Waals surface area (Å²) in [5.74, 6) is 0.121. The maximum absolute atomic E-state index is 12.7. The van der Waals surface area contributed by atoms with Crippen molar-refractivity contribution in [2.24, 2.45) is 0 Å². The SMILES string of the molecule is Cc1c(CCC(=O)O)ccc(OCc2cc(OC(F)(F)F)cc3cc(CS)oc23)c1C. The Hall–Kier alpha value is -2.81. The number of carbonyl (C=O) groups is 1. The molecule has 9 heteroatoms. The monoisotopic (exact) mass is 454 g/mol. The third-order valence-corrected chi connectivity index (χ3v) is 5.26. The van der Waals surface area contributed by atoms with Crippen molar-refractivity contribution in [1.82, 2.24) is 0 Å². The van der Waals surface area contributed by atoms with Crippen LogP contribution >= 0.6 is 12.6 Å². The Bertz CT molecular complexity index is 1100. The van der Waals surface area contributed by atoms with E-state index in [1.807, 2.05) is 13.8 Å². The zero-order valence-electron chi connectivity index (χ0n) is 16.9.